The van der Waals surface area contributed by atoms with E-state index in [-0.39, 0.29) is 0 Å². The lowest BCUT2D eigenvalue weighted by Gasteiger charge is -2.31. The predicted molar refractivity (Wildman–Crippen MR) is 77.7 cm³/mol. The smallest absolute Gasteiger partial charge is 0.120 e. The minimum Gasteiger partial charge on any atom is -0.120 e. The first-order chi connectivity index (χ1) is 7.23. The van der Waals surface area contributed by atoms with Crippen molar-refractivity contribution in [3.05, 3.63) is 0 Å². The molecule has 0 aliphatic rings. The number of unbranched alkanes of at least 4 members (excludes halogenated alkanes) is 4. The summed E-state index contributed by atoms with van der Waals surface area (Å²) in [7, 11) is 0. The van der Waals surface area contributed by atoms with Crippen LogP contribution in [0.3, 0.4) is 0 Å². The zero-order valence-corrected chi connectivity index (χ0v) is 13.6. The minimum atomic E-state index is -1.77. The molecule has 0 nitrogen and oxygen atoms in total. The van der Waals surface area contributed by atoms with Crippen LogP contribution in [0.15, 0.2) is 0 Å². The van der Waals surface area contributed by atoms with Gasteiger partial charge in [-0.2, -0.15) is 0 Å². The van der Waals surface area contributed by atoms with Gasteiger partial charge in [-0.05, 0) is 6.42 Å². The lowest BCUT2D eigenvalue weighted by molar-refractivity contribution is 0.571. The Morgan fingerprint density at radius 1 is 0.875 bits per heavy atom. The highest BCUT2D eigenvalue weighted by Gasteiger charge is 2.50. The van der Waals surface area contributed by atoms with Crippen molar-refractivity contribution < 1.29 is 0 Å². The summed E-state index contributed by atoms with van der Waals surface area (Å²) in [5, 5.41) is -0.565. The van der Waals surface area contributed by atoms with Gasteiger partial charge in [-0.1, -0.05) is 97.0 Å². The van der Waals surface area contributed by atoms with Crippen LogP contribution in [0.5, 0.6) is 0 Å². The van der Waals surface area contributed by atoms with Gasteiger partial charge in [0.1, 0.15) is 0 Å². The number of rotatable bonds is 7. The zero-order chi connectivity index (χ0) is 12.8. The highest BCUT2D eigenvalue weighted by molar-refractivity contribution is 6.76. The Morgan fingerprint density at radius 2 is 1.38 bits per heavy atom. The summed E-state index contributed by atoms with van der Waals surface area (Å²) in [4.78, 5) is 0. The van der Waals surface area contributed by atoms with E-state index in [0.717, 1.165) is 12.8 Å². The van der Waals surface area contributed by atoms with Gasteiger partial charge in [0, 0.05) is 0 Å². The molecule has 1 atom stereocenters. The Hall–Kier alpha value is 1.74. The maximum absolute atomic E-state index is 6.05. The van der Waals surface area contributed by atoms with Crippen LogP contribution in [0.2, 0.25) is 0 Å². The van der Waals surface area contributed by atoms with E-state index in [1.807, 2.05) is 0 Å². The molecule has 0 aliphatic carbocycles. The molecule has 0 aliphatic heterocycles. The fourth-order valence-corrected chi connectivity index (χ4v) is 2.38. The second-order valence-corrected chi connectivity index (χ2v) is 7.99. The van der Waals surface area contributed by atoms with Gasteiger partial charge < -0.3 is 0 Å². The molecule has 0 aromatic rings. The molecule has 0 aromatic carbocycles. The predicted octanol–water partition coefficient (Wildman–Crippen LogP) is 6.50. The van der Waals surface area contributed by atoms with E-state index in [0.29, 0.717) is 6.42 Å². The number of alkyl halides is 6. The first-order valence-electron chi connectivity index (χ1n) is 5.32. The standard InChI is InChI=1S/C10H16Cl6/c1-2-3-4-5-6-7-8(11)9(12,13)10(14,15)16/h8H,2-7H2,1H3. The summed E-state index contributed by atoms with van der Waals surface area (Å²) in [5.74, 6) is 0. The van der Waals surface area contributed by atoms with E-state index in [4.69, 9.17) is 69.6 Å². The van der Waals surface area contributed by atoms with Crippen LogP contribution in [0.4, 0.5) is 0 Å². The summed E-state index contributed by atoms with van der Waals surface area (Å²) < 4.78 is -3.32. The van der Waals surface area contributed by atoms with E-state index in [2.05, 4.69) is 6.92 Å². The molecule has 0 saturated carbocycles. The molecule has 0 saturated heterocycles. The first kappa shape index (κ1) is 17.7. The number of hydrogen-bond donors (Lipinski definition) is 0. The van der Waals surface area contributed by atoms with Crippen LogP contribution in [-0.4, -0.2) is 13.5 Å². The molecule has 0 amide bonds. The summed E-state index contributed by atoms with van der Waals surface area (Å²) in [6, 6.07) is 0. The van der Waals surface area contributed by atoms with Crippen molar-refractivity contribution in [3.8, 4) is 0 Å². The first-order valence-corrected chi connectivity index (χ1v) is 7.64. The van der Waals surface area contributed by atoms with Crippen molar-refractivity contribution in [2.45, 2.75) is 59.0 Å². The minimum absolute atomic E-state index is 0.565. The van der Waals surface area contributed by atoms with Crippen molar-refractivity contribution in [2.75, 3.05) is 0 Å². The van der Waals surface area contributed by atoms with Crippen LogP contribution in [-0.2, 0) is 0 Å². The molecular formula is C10H16Cl6. The molecule has 1 unspecified atom stereocenters. The topological polar surface area (TPSA) is 0 Å². The van der Waals surface area contributed by atoms with Crippen molar-refractivity contribution >= 4 is 69.6 Å². The van der Waals surface area contributed by atoms with E-state index in [9.17, 15) is 0 Å². The summed E-state index contributed by atoms with van der Waals surface area (Å²) in [6.45, 7) is 2.16. The van der Waals surface area contributed by atoms with Crippen LogP contribution in [0.25, 0.3) is 0 Å². The van der Waals surface area contributed by atoms with Gasteiger partial charge in [0.15, 0.2) is 4.33 Å². The lowest BCUT2D eigenvalue weighted by atomic mass is 10.1. The van der Waals surface area contributed by atoms with Gasteiger partial charge >= 0.3 is 0 Å². The molecule has 98 valence electrons. The van der Waals surface area contributed by atoms with E-state index >= 15 is 0 Å². The van der Waals surface area contributed by atoms with Crippen molar-refractivity contribution in [1.29, 1.82) is 0 Å². The molecule has 16 heavy (non-hydrogen) atoms. The third kappa shape index (κ3) is 6.07. The SMILES string of the molecule is CCCCCCCC(Cl)C(Cl)(Cl)C(Cl)(Cl)Cl. The Balaban J connectivity index is 3.92. The van der Waals surface area contributed by atoms with E-state index < -0.39 is 13.5 Å². The average molecular weight is 349 g/mol. The summed E-state index contributed by atoms with van der Waals surface area (Å²) >= 11 is 34.9. The Morgan fingerprint density at radius 3 is 1.81 bits per heavy atom. The molecule has 0 heterocycles. The molecular weight excluding hydrogens is 333 g/mol. The van der Waals surface area contributed by atoms with Gasteiger partial charge in [0.05, 0.1) is 5.38 Å². The molecule has 0 N–H and O–H groups in total. The normalized spacial score (nSPS) is 15.2. The maximum atomic E-state index is 6.05. The highest BCUT2D eigenvalue weighted by Crippen LogP contribution is 2.50. The average Bonchev–Trinajstić information content (AvgIpc) is 2.15. The van der Waals surface area contributed by atoms with Crippen LogP contribution < -0.4 is 0 Å². The van der Waals surface area contributed by atoms with Crippen LogP contribution >= 0.6 is 69.6 Å². The van der Waals surface area contributed by atoms with Crippen LogP contribution in [0.1, 0.15) is 45.4 Å². The van der Waals surface area contributed by atoms with Gasteiger partial charge in [0.25, 0.3) is 0 Å². The maximum Gasteiger partial charge on any atom is 0.224 e. The molecule has 0 bridgehead atoms. The molecule has 0 rings (SSSR count). The van der Waals surface area contributed by atoms with Crippen molar-refractivity contribution in [1.82, 2.24) is 0 Å². The summed E-state index contributed by atoms with van der Waals surface area (Å²) in [6.07, 6.45) is 6.30. The second kappa shape index (κ2) is 8.02. The number of halogens is 6. The van der Waals surface area contributed by atoms with Gasteiger partial charge in [0.2, 0.25) is 3.79 Å². The zero-order valence-electron chi connectivity index (χ0n) is 9.09. The van der Waals surface area contributed by atoms with Gasteiger partial charge in [-0.3, -0.25) is 0 Å². The van der Waals surface area contributed by atoms with Crippen LogP contribution in [0, 0.1) is 0 Å². The Labute approximate surface area is 128 Å². The Kier molecular flexibility index (Phi) is 8.89. The van der Waals surface area contributed by atoms with E-state index in [1.54, 1.807) is 0 Å². The lowest BCUT2D eigenvalue weighted by Crippen LogP contribution is -2.40. The molecule has 0 radical (unpaired) electrons. The fraction of sp³-hybridized carbons (Fsp3) is 1.00. The van der Waals surface area contributed by atoms with Gasteiger partial charge in [-0.25, -0.2) is 0 Å². The quantitative estimate of drug-likeness (QED) is 0.364. The van der Waals surface area contributed by atoms with Gasteiger partial charge in [-0.15, -0.1) is 11.6 Å². The largest absolute Gasteiger partial charge is 0.224 e. The third-order valence-corrected chi connectivity index (χ3v) is 5.67. The number of hydrogen-bond acceptors (Lipinski definition) is 0. The third-order valence-electron chi connectivity index (χ3n) is 2.33. The molecule has 0 fully saturated rings. The molecule has 0 aromatic heterocycles. The van der Waals surface area contributed by atoms with Crippen molar-refractivity contribution in [3.63, 3.8) is 0 Å². The fourth-order valence-electron chi connectivity index (χ4n) is 1.29. The summed E-state index contributed by atoms with van der Waals surface area (Å²) in [5.41, 5.74) is 0. The van der Waals surface area contributed by atoms with E-state index in [1.165, 1.54) is 19.3 Å². The molecule has 0 spiro atoms. The second-order valence-electron chi connectivity index (χ2n) is 3.79. The Bertz CT molecular complexity index is 186. The molecule has 6 heteroatoms. The van der Waals surface area contributed by atoms with Crippen molar-refractivity contribution in [2.24, 2.45) is 0 Å². The monoisotopic (exact) mass is 346 g/mol. The highest BCUT2D eigenvalue weighted by atomic mass is 35.6.